The molecule has 0 bridgehead atoms. The Morgan fingerprint density at radius 3 is 2.55 bits per heavy atom. The quantitative estimate of drug-likeness (QED) is 0.885. The van der Waals surface area contributed by atoms with Crippen LogP contribution >= 0.6 is 15.9 Å². The summed E-state index contributed by atoms with van der Waals surface area (Å²) >= 11 is 3.18. The van der Waals surface area contributed by atoms with Crippen LogP contribution in [0.5, 0.6) is 0 Å². The van der Waals surface area contributed by atoms with Crippen LogP contribution in [0.2, 0.25) is 0 Å². The molecule has 0 radical (unpaired) electrons. The zero-order valence-corrected chi connectivity index (χ0v) is 12.9. The van der Waals surface area contributed by atoms with E-state index < -0.39 is 5.82 Å². The molecule has 2 nitrogen and oxygen atoms in total. The topological polar surface area (TPSA) is 29.1 Å². The number of halogens is 2. The standard InChI is InChI=1S/C16H15BrFNO/c1-10-3-4-12(7-11(10)2)8-16(20)19-15-6-5-13(17)9-14(15)18/h3-7,9H,8H2,1-2H3,(H,19,20). The van der Waals surface area contributed by atoms with Gasteiger partial charge >= 0.3 is 0 Å². The molecule has 1 amide bonds. The van der Waals surface area contributed by atoms with Crippen LogP contribution in [0.25, 0.3) is 0 Å². The van der Waals surface area contributed by atoms with E-state index in [4.69, 9.17) is 0 Å². The minimum atomic E-state index is -0.451. The highest BCUT2D eigenvalue weighted by Crippen LogP contribution is 2.19. The smallest absolute Gasteiger partial charge is 0.228 e. The maximum atomic E-state index is 13.6. The summed E-state index contributed by atoms with van der Waals surface area (Å²) in [6.45, 7) is 4.03. The van der Waals surface area contributed by atoms with E-state index in [2.05, 4.69) is 21.2 Å². The third-order valence-corrected chi connectivity index (χ3v) is 3.63. The Morgan fingerprint density at radius 1 is 1.15 bits per heavy atom. The van der Waals surface area contributed by atoms with Gasteiger partial charge in [0.1, 0.15) is 5.82 Å². The van der Waals surface area contributed by atoms with Crippen LogP contribution in [-0.2, 0) is 11.2 Å². The second-order valence-electron chi connectivity index (χ2n) is 4.77. The number of anilines is 1. The van der Waals surface area contributed by atoms with Crippen LogP contribution in [0, 0.1) is 19.7 Å². The second-order valence-corrected chi connectivity index (χ2v) is 5.68. The maximum Gasteiger partial charge on any atom is 0.228 e. The number of aryl methyl sites for hydroxylation is 2. The molecule has 0 saturated heterocycles. The summed E-state index contributed by atoms with van der Waals surface area (Å²) in [4.78, 5) is 11.9. The lowest BCUT2D eigenvalue weighted by molar-refractivity contribution is -0.115. The number of amides is 1. The number of rotatable bonds is 3. The van der Waals surface area contributed by atoms with Gasteiger partial charge in [0.2, 0.25) is 5.91 Å². The normalized spacial score (nSPS) is 10.4. The van der Waals surface area contributed by atoms with Crippen molar-refractivity contribution in [3.63, 3.8) is 0 Å². The van der Waals surface area contributed by atoms with Crippen molar-refractivity contribution in [1.29, 1.82) is 0 Å². The molecule has 0 aliphatic carbocycles. The van der Waals surface area contributed by atoms with E-state index in [1.807, 2.05) is 32.0 Å². The Bertz CT molecular complexity index is 655. The number of carbonyl (C=O) groups excluding carboxylic acids is 1. The number of hydrogen-bond donors (Lipinski definition) is 1. The average molecular weight is 336 g/mol. The lowest BCUT2D eigenvalue weighted by Crippen LogP contribution is -2.15. The highest BCUT2D eigenvalue weighted by atomic mass is 79.9. The summed E-state index contributed by atoms with van der Waals surface area (Å²) in [5, 5.41) is 2.59. The van der Waals surface area contributed by atoms with Gasteiger partial charge < -0.3 is 5.32 Å². The number of carbonyl (C=O) groups is 1. The average Bonchev–Trinajstić information content (AvgIpc) is 2.37. The molecule has 0 aromatic heterocycles. The minimum absolute atomic E-state index is 0.196. The number of benzene rings is 2. The van der Waals surface area contributed by atoms with E-state index in [1.54, 1.807) is 6.07 Å². The first-order valence-corrected chi connectivity index (χ1v) is 7.06. The Kier molecular flexibility index (Phi) is 4.55. The van der Waals surface area contributed by atoms with Crippen LogP contribution < -0.4 is 5.32 Å². The Morgan fingerprint density at radius 2 is 1.90 bits per heavy atom. The molecule has 2 aromatic rings. The Balaban J connectivity index is 2.07. The molecule has 0 fully saturated rings. The van der Waals surface area contributed by atoms with Crippen LogP contribution in [0.3, 0.4) is 0 Å². The van der Waals surface area contributed by atoms with Gasteiger partial charge in [0.15, 0.2) is 0 Å². The van der Waals surface area contributed by atoms with Gasteiger partial charge in [0, 0.05) is 4.47 Å². The Labute approximate surface area is 126 Å². The first-order valence-electron chi connectivity index (χ1n) is 6.27. The summed E-state index contributed by atoms with van der Waals surface area (Å²) in [7, 11) is 0. The van der Waals surface area contributed by atoms with Crippen molar-refractivity contribution >= 4 is 27.5 Å². The molecule has 1 N–H and O–H groups in total. The van der Waals surface area contributed by atoms with Crippen molar-refractivity contribution < 1.29 is 9.18 Å². The van der Waals surface area contributed by atoms with Crippen molar-refractivity contribution in [1.82, 2.24) is 0 Å². The van der Waals surface area contributed by atoms with E-state index in [0.717, 1.165) is 11.1 Å². The van der Waals surface area contributed by atoms with E-state index in [9.17, 15) is 9.18 Å². The summed E-state index contributed by atoms with van der Waals surface area (Å²) in [5.74, 6) is -0.678. The third-order valence-electron chi connectivity index (χ3n) is 3.14. The zero-order chi connectivity index (χ0) is 14.7. The maximum absolute atomic E-state index is 13.6. The van der Waals surface area contributed by atoms with Gasteiger partial charge in [-0.15, -0.1) is 0 Å². The molecular weight excluding hydrogens is 321 g/mol. The molecular formula is C16H15BrFNO. The summed E-state index contributed by atoms with van der Waals surface area (Å²) in [6, 6.07) is 10.4. The fourth-order valence-electron chi connectivity index (χ4n) is 1.88. The number of nitrogens with one attached hydrogen (secondary N) is 1. The van der Waals surface area contributed by atoms with Crippen LogP contribution in [0.1, 0.15) is 16.7 Å². The SMILES string of the molecule is Cc1ccc(CC(=O)Nc2ccc(Br)cc2F)cc1C. The van der Waals surface area contributed by atoms with Gasteiger partial charge in [-0.05, 0) is 48.7 Å². The van der Waals surface area contributed by atoms with Crippen LogP contribution in [0.4, 0.5) is 10.1 Å². The number of hydrogen-bond acceptors (Lipinski definition) is 1. The molecule has 0 spiro atoms. The van der Waals surface area contributed by atoms with Gasteiger partial charge in [-0.3, -0.25) is 4.79 Å². The largest absolute Gasteiger partial charge is 0.323 e. The van der Waals surface area contributed by atoms with Gasteiger partial charge in [-0.25, -0.2) is 4.39 Å². The summed E-state index contributed by atoms with van der Waals surface area (Å²) in [6.07, 6.45) is 0.233. The first kappa shape index (κ1) is 14.7. The lowest BCUT2D eigenvalue weighted by Gasteiger charge is -2.08. The van der Waals surface area contributed by atoms with E-state index in [0.29, 0.717) is 4.47 Å². The van der Waals surface area contributed by atoms with E-state index in [-0.39, 0.29) is 18.0 Å². The van der Waals surface area contributed by atoms with Gasteiger partial charge in [0.25, 0.3) is 0 Å². The van der Waals surface area contributed by atoms with Crippen molar-refractivity contribution in [2.75, 3.05) is 5.32 Å². The fourth-order valence-corrected chi connectivity index (χ4v) is 2.22. The third kappa shape index (κ3) is 3.67. The highest BCUT2D eigenvalue weighted by molar-refractivity contribution is 9.10. The van der Waals surface area contributed by atoms with Gasteiger partial charge in [-0.2, -0.15) is 0 Å². The molecule has 0 unspecified atom stereocenters. The van der Waals surface area contributed by atoms with Gasteiger partial charge in [-0.1, -0.05) is 34.1 Å². The van der Waals surface area contributed by atoms with E-state index >= 15 is 0 Å². The lowest BCUT2D eigenvalue weighted by atomic mass is 10.0. The van der Waals surface area contributed by atoms with Crippen molar-refractivity contribution in [2.24, 2.45) is 0 Å². The molecule has 0 aliphatic heterocycles. The molecule has 0 saturated carbocycles. The Hall–Kier alpha value is -1.68. The summed E-state index contributed by atoms with van der Waals surface area (Å²) < 4.78 is 14.3. The van der Waals surface area contributed by atoms with Gasteiger partial charge in [0.05, 0.1) is 12.1 Å². The molecule has 2 aromatic carbocycles. The summed E-state index contributed by atoms with van der Waals surface area (Å²) in [5.41, 5.74) is 3.45. The predicted octanol–water partition coefficient (Wildman–Crippen LogP) is 4.39. The molecule has 4 heteroatoms. The van der Waals surface area contributed by atoms with Crippen molar-refractivity contribution in [3.05, 3.63) is 63.4 Å². The zero-order valence-electron chi connectivity index (χ0n) is 11.3. The highest BCUT2D eigenvalue weighted by Gasteiger charge is 2.08. The van der Waals surface area contributed by atoms with Crippen molar-refractivity contribution in [2.45, 2.75) is 20.3 Å². The minimum Gasteiger partial charge on any atom is -0.323 e. The molecule has 2 rings (SSSR count). The van der Waals surface area contributed by atoms with Crippen LogP contribution in [-0.4, -0.2) is 5.91 Å². The van der Waals surface area contributed by atoms with Crippen LogP contribution in [0.15, 0.2) is 40.9 Å². The molecule has 0 atom stereocenters. The first-order chi connectivity index (χ1) is 9.45. The molecule has 0 heterocycles. The second kappa shape index (κ2) is 6.18. The molecule has 104 valence electrons. The van der Waals surface area contributed by atoms with Crippen molar-refractivity contribution in [3.8, 4) is 0 Å². The fraction of sp³-hybridized carbons (Fsp3) is 0.188. The van der Waals surface area contributed by atoms with E-state index in [1.165, 1.54) is 17.7 Å². The molecule has 20 heavy (non-hydrogen) atoms. The molecule has 0 aliphatic rings. The predicted molar refractivity (Wildman–Crippen MR) is 82.3 cm³/mol. The monoisotopic (exact) mass is 335 g/mol.